The van der Waals surface area contributed by atoms with E-state index in [4.69, 9.17) is 9.97 Å². The molecule has 2 heterocycles. The molecule has 0 amide bonds. The van der Waals surface area contributed by atoms with Gasteiger partial charge in [-0.05, 0) is 44.9 Å². The Bertz CT molecular complexity index is 438. The molecule has 4 nitrogen and oxygen atoms in total. The van der Waals surface area contributed by atoms with Crippen LogP contribution in [0.1, 0.15) is 49.8 Å². The SMILES string of the molecule is CNc1nc(N2CCCCC2)nc2c1CCCCC2. The second kappa shape index (κ2) is 5.76. The van der Waals surface area contributed by atoms with Crippen molar-refractivity contribution in [3.8, 4) is 0 Å². The van der Waals surface area contributed by atoms with Crippen molar-refractivity contribution in [1.29, 1.82) is 0 Å². The normalized spacial score (nSPS) is 19.7. The van der Waals surface area contributed by atoms with Gasteiger partial charge in [-0.2, -0.15) is 4.98 Å². The van der Waals surface area contributed by atoms with E-state index in [9.17, 15) is 0 Å². The molecule has 2 aliphatic rings. The Balaban J connectivity index is 1.94. The molecular weight excluding hydrogens is 236 g/mol. The minimum atomic E-state index is 0.949. The number of aryl methyl sites for hydroxylation is 1. The second-order valence-electron chi connectivity index (χ2n) is 5.66. The van der Waals surface area contributed by atoms with Gasteiger partial charge in [0.2, 0.25) is 5.95 Å². The Morgan fingerprint density at radius 2 is 1.63 bits per heavy atom. The Hall–Kier alpha value is -1.32. The molecule has 0 spiro atoms. The van der Waals surface area contributed by atoms with E-state index in [1.807, 2.05) is 7.05 Å². The van der Waals surface area contributed by atoms with Crippen LogP contribution in [0.15, 0.2) is 0 Å². The van der Waals surface area contributed by atoms with Gasteiger partial charge in [-0.15, -0.1) is 0 Å². The fourth-order valence-electron chi connectivity index (χ4n) is 3.20. The lowest BCUT2D eigenvalue weighted by atomic mass is 10.1. The van der Waals surface area contributed by atoms with E-state index in [-0.39, 0.29) is 0 Å². The summed E-state index contributed by atoms with van der Waals surface area (Å²) in [5, 5.41) is 3.28. The molecule has 4 heteroatoms. The summed E-state index contributed by atoms with van der Waals surface area (Å²) in [5.74, 6) is 2.01. The van der Waals surface area contributed by atoms with Crippen LogP contribution in [0, 0.1) is 0 Å². The summed E-state index contributed by atoms with van der Waals surface area (Å²) < 4.78 is 0. The van der Waals surface area contributed by atoms with Gasteiger partial charge in [0.25, 0.3) is 0 Å². The van der Waals surface area contributed by atoms with E-state index in [1.54, 1.807) is 0 Å². The summed E-state index contributed by atoms with van der Waals surface area (Å²) in [5.41, 5.74) is 2.65. The molecular formula is C15H24N4. The maximum Gasteiger partial charge on any atom is 0.227 e. The molecule has 104 valence electrons. The Morgan fingerprint density at radius 1 is 0.895 bits per heavy atom. The number of piperidine rings is 1. The number of rotatable bonds is 2. The van der Waals surface area contributed by atoms with Crippen molar-refractivity contribution in [2.45, 2.75) is 51.4 Å². The average molecular weight is 260 g/mol. The van der Waals surface area contributed by atoms with Gasteiger partial charge in [-0.3, -0.25) is 0 Å². The van der Waals surface area contributed by atoms with Crippen LogP contribution < -0.4 is 10.2 Å². The zero-order chi connectivity index (χ0) is 13.1. The number of nitrogens with one attached hydrogen (secondary N) is 1. The fraction of sp³-hybridized carbons (Fsp3) is 0.733. The summed E-state index contributed by atoms with van der Waals surface area (Å²) in [7, 11) is 1.98. The van der Waals surface area contributed by atoms with Crippen molar-refractivity contribution >= 4 is 11.8 Å². The molecule has 0 bridgehead atoms. The topological polar surface area (TPSA) is 41.1 Å². The summed E-state index contributed by atoms with van der Waals surface area (Å²) >= 11 is 0. The summed E-state index contributed by atoms with van der Waals surface area (Å²) in [6.07, 6.45) is 10.0. The van der Waals surface area contributed by atoms with Gasteiger partial charge in [-0.1, -0.05) is 6.42 Å². The molecule has 1 N–H and O–H groups in total. The molecule has 1 aliphatic heterocycles. The third-order valence-electron chi connectivity index (χ3n) is 4.30. The van der Waals surface area contributed by atoms with E-state index >= 15 is 0 Å². The molecule has 1 fully saturated rings. The van der Waals surface area contributed by atoms with Crippen LogP contribution in [0.2, 0.25) is 0 Å². The largest absolute Gasteiger partial charge is 0.373 e. The summed E-state index contributed by atoms with van der Waals surface area (Å²) in [6.45, 7) is 2.23. The number of hydrogen-bond donors (Lipinski definition) is 1. The molecule has 0 aromatic carbocycles. The Kier molecular flexibility index (Phi) is 3.85. The number of aromatic nitrogens is 2. The lowest BCUT2D eigenvalue weighted by molar-refractivity contribution is 0.567. The van der Waals surface area contributed by atoms with Crippen molar-refractivity contribution in [2.24, 2.45) is 0 Å². The predicted molar refractivity (Wildman–Crippen MR) is 78.9 cm³/mol. The van der Waals surface area contributed by atoms with Crippen LogP contribution >= 0.6 is 0 Å². The van der Waals surface area contributed by atoms with Gasteiger partial charge >= 0.3 is 0 Å². The first kappa shape index (κ1) is 12.7. The first-order chi connectivity index (χ1) is 9.38. The molecule has 0 radical (unpaired) electrons. The number of anilines is 2. The molecule has 19 heavy (non-hydrogen) atoms. The van der Waals surface area contributed by atoms with E-state index in [1.165, 1.54) is 49.8 Å². The number of nitrogens with zero attached hydrogens (tertiary/aromatic N) is 3. The summed E-state index contributed by atoms with van der Waals surface area (Å²) in [4.78, 5) is 12.0. The van der Waals surface area contributed by atoms with Crippen molar-refractivity contribution in [2.75, 3.05) is 30.4 Å². The van der Waals surface area contributed by atoms with Crippen molar-refractivity contribution in [1.82, 2.24) is 9.97 Å². The monoisotopic (exact) mass is 260 g/mol. The third kappa shape index (κ3) is 2.67. The fourth-order valence-corrected chi connectivity index (χ4v) is 3.20. The quantitative estimate of drug-likeness (QED) is 0.830. The smallest absolute Gasteiger partial charge is 0.227 e. The number of fused-ring (bicyclic) bond motifs is 1. The van der Waals surface area contributed by atoms with Gasteiger partial charge < -0.3 is 10.2 Å². The van der Waals surface area contributed by atoms with E-state index < -0.39 is 0 Å². The summed E-state index contributed by atoms with van der Waals surface area (Å²) in [6, 6.07) is 0. The molecule has 3 rings (SSSR count). The van der Waals surface area contributed by atoms with Gasteiger partial charge in [0.1, 0.15) is 5.82 Å². The lowest BCUT2D eigenvalue weighted by Crippen LogP contribution is -2.31. The molecule has 1 aliphatic carbocycles. The maximum absolute atomic E-state index is 4.88. The van der Waals surface area contributed by atoms with Crippen LogP contribution in [0.5, 0.6) is 0 Å². The second-order valence-corrected chi connectivity index (χ2v) is 5.66. The predicted octanol–water partition coefficient (Wildman–Crippen LogP) is 2.78. The third-order valence-corrected chi connectivity index (χ3v) is 4.30. The van der Waals surface area contributed by atoms with Gasteiger partial charge in [0.15, 0.2) is 0 Å². The Labute approximate surface area is 115 Å². The lowest BCUT2D eigenvalue weighted by Gasteiger charge is -2.27. The average Bonchev–Trinajstić information content (AvgIpc) is 2.72. The molecule has 1 saturated heterocycles. The van der Waals surface area contributed by atoms with Crippen molar-refractivity contribution in [3.63, 3.8) is 0 Å². The van der Waals surface area contributed by atoms with E-state index in [0.717, 1.165) is 37.7 Å². The van der Waals surface area contributed by atoms with Crippen LogP contribution in [0.4, 0.5) is 11.8 Å². The van der Waals surface area contributed by atoms with Crippen molar-refractivity contribution < 1.29 is 0 Å². The first-order valence-corrected chi connectivity index (χ1v) is 7.71. The molecule has 1 aromatic heterocycles. The highest BCUT2D eigenvalue weighted by Gasteiger charge is 2.20. The van der Waals surface area contributed by atoms with Crippen LogP contribution in [-0.4, -0.2) is 30.1 Å². The first-order valence-electron chi connectivity index (χ1n) is 7.71. The molecule has 1 aromatic rings. The van der Waals surface area contributed by atoms with Gasteiger partial charge in [-0.25, -0.2) is 4.98 Å². The van der Waals surface area contributed by atoms with Crippen LogP contribution in [0.25, 0.3) is 0 Å². The van der Waals surface area contributed by atoms with E-state index in [2.05, 4.69) is 10.2 Å². The maximum atomic E-state index is 4.88. The van der Waals surface area contributed by atoms with E-state index in [0.29, 0.717) is 0 Å². The molecule has 0 atom stereocenters. The zero-order valence-corrected chi connectivity index (χ0v) is 11.9. The van der Waals surface area contributed by atoms with Crippen molar-refractivity contribution in [3.05, 3.63) is 11.3 Å². The van der Waals surface area contributed by atoms with Crippen LogP contribution in [0.3, 0.4) is 0 Å². The van der Waals surface area contributed by atoms with Gasteiger partial charge in [0.05, 0.1) is 5.69 Å². The molecule has 0 saturated carbocycles. The minimum Gasteiger partial charge on any atom is -0.373 e. The highest BCUT2D eigenvalue weighted by atomic mass is 15.3. The highest BCUT2D eigenvalue weighted by Crippen LogP contribution is 2.27. The number of hydrogen-bond acceptors (Lipinski definition) is 4. The van der Waals surface area contributed by atoms with Gasteiger partial charge in [0, 0.05) is 25.7 Å². The Morgan fingerprint density at radius 3 is 2.42 bits per heavy atom. The minimum absolute atomic E-state index is 0.949. The standard InChI is InChI=1S/C15H24N4/c1-16-14-12-8-4-2-5-9-13(12)17-15(18-14)19-10-6-3-7-11-19/h2-11H2,1H3,(H,16,17,18). The zero-order valence-electron chi connectivity index (χ0n) is 11.9. The van der Waals surface area contributed by atoms with Crippen LogP contribution in [-0.2, 0) is 12.8 Å². The highest BCUT2D eigenvalue weighted by molar-refractivity contribution is 5.51. The molecule has 0 unspecified atom stereocenters.